The van der Waals surface area contributed by atoms with E-state index in [-0.39, 0.29) is 11.9 Å². The molecular formula is C13H20FN3O3S. The van der Waals surface area contributed by atoms with Gasteiger partial charge in [-0.25, -0.2) is 22.5 Å². The SMILES string of the molecule is COc1nccc(CN2CCC(NS(C)(=O)=O)CC2)c1F. The van der Waals surface area contributed by atoms with Gasteiger partial charge in [0, 0.05) is 37.4 Å². The zero-order valence-electron chi connectivity index (χ0n) is 12.2. The van der Waals surface area contributed by atoms with E-state index in [1.165, 1.54) is 13.3 Å². The van der Waals surface area contributed by atoms with Crippen LogP contribution in [0.25, 0.3) is 0 Å². The Kier molecular flexibility index (Phi) is 5.13. The second-order valence-electron chi connectivity index (χ2n) is 5.23. The first kappa shape index (κ1) is 16.1. The zero-order chi connectivity index (χ0) is 15.5. The molecule has 0 bridgehead atoms. The molecule has 0 aromatic carbocycles. The van der Waals surface area contributed by atoms with Crippen LogP contribution in [-0.2, 0) is 16.6 Å². The fraction of sp³-hybridized carbons (Fsp3) is 0.615. The molecule has 1 fully saturated rings. The molecule has 0 saturated carbocycles. The molecule has 2 rings (SSSR count). The van der Waals surface area contributed by atoms with E-state index in [0.717, 1.165) is 32.2 Å². The van der Waals surface area contributed by atoms with Crippen molar-refractivity contribution in [2.75, 3.05) is 26.5 Å². The van der Waals surface area contributed by atoms with E-state index >= 15 is 0 Å². The minimum atomic E-state index is -3.17. The largest absolute Gasteiger partial charge is 0.479 e. The molecule has 1 aromatic rings. The van der Waals surface area contributed by atoms with E-state index in [1.54, 1.807) is 6.07 Å². The van der Waals surface area contributed by atoms with E-state index in [1.807, 2.05) is 0 Å². The lowest BCUT2D eigenvalue weighted by molar-refractivity contribution is 0.197. The summed E-state index contributed by atoms with van der Waals surface area (Å²) in [5, 5.41) is 0. The normalized spacial score (nSPS) is 17.9. The molecule has 118 valence electrons. The predicted molar refractivity (Wildman–Crippen MR) is 77.0 cm³/mol. The smallest absolute Gasteiger partial charge is 0.250 e. The average molecular weight is 317 g/mol. The first-order chi connectivity index (χ1) is 9.89. The van der Waals surface area contributed by atoms with Crippen molar-refractivity contribution in [1.82, 2.24) is 14.6 Å². The van der Waals surface area contributed by atoms with Crippen molar-refractivity contribution in [3.05, 3.63) is 23.6 Å². The molecule has 0 aliphatic carbocycles. The summed E-state index contributed by atoms with van der Waals surface area (Å²) in [5.41, 5.74) is 0.538. The summed E-state index contributed by atoms with van der Waals surface area (Å²) in [6, 6.07) is 1.60. The maximum Gasteiger partial charge on any atom is 0.250 e. The highest BCUT2D eigenvalue weighted by molar-refractivity contribution is 7.88. The van der Waals surface area contributed by atoms with Gasteiger partial charge in [0.15, 0.2) is 5.82 Å². The molecule has 21 heavy (non-hydrogen) atoms. The number of hydrogen-bond donors (Lipinski definition) is 1. The van der Waals surface area contributed by atoms with Crippen LogP contribution in [0.2, 0.25) is 0 Å². The van der Waals surface area contributed by atoms with Crippen molar-refractivity contribution in [1.29, 1.82) is 0 Å². The topological polar surface area (TPSA) is 71.5 Å². The molecule has 0 amide bonds. The van der Waals surface area contributed by atoms with Crippen LogP contribution in [0, 0.1) is 5.82 Å². The molecule has 1 aromatic heterocycles. The Hall–Kier alpha value is -1.25. The van der Waals surface area contributed by atoms with Crippen molar-refractivity contribution in [3.63, 3.8) is 0 Å². The number of pyridine rings is 1. The first-order valence-electron chi connectivity index (χ1n) is 6.76. The van der Waals surface area contributed by atoms with Crippen molar-refractivity contribution in [2.45, 2.75) is 25.4 Å². The Morgan fingerprint density at radius 3 is 2.71 bits per heavy atom. The maximum atomic E-state index is 14.0. The number of likely N-dealkylation sites (tertiary alicyclic amines) is 1. The van der Waals surface area contributed by atoms with E-state index in [4.69, 9.17) is 4.74 Å². The summed E-state index contributed by atoms with van der Waals surface area (Å²) in [5.74, 6) is -0.433. The lowest BCUT2D eigenvalue weighted by Gasteiger charge is -2.32. The van der Waals surface area contributed by atoms with Crippen LogP contribution >= 0.6 is 0 Å². The Labute approximate surface area is 124 Å². The van der Waals surface area contributed by atoms with Gasteiger partial charge in [0.2, 0.25) is 15.9 Å². The Morgan fingerprint density at radius 1 is 1.48 bits per heavy atom. The van der Waals surface area contributed by atoms with Gasteiger partial charge in [-0.05, 0) is 18.9 Å². The van der Waals surface area contributed by atoms with Crippen molar-refractivity contribution in [2.24, 2.45) is 0 Å². The van der Waals surface area contributed by atoms with Crippen LogP contribution in [0.4, 0.5) is 4.39 Å². The molecule has 1 aliphatic heterocycles. The molecule has 0 atom stereocenters. The number of nitrogens with zero attached hydrogens (tertiary/aromatic N) is 2. The minimum absolute atomic E-state index is 0.00105. The van der Waals surface area contributed by atoms with E-state index in [0.29, 0.717) is 12.1 Å². The zero-order valence-corrected chi connectivity index (χ0v) is 13.0. The highest BCUT2D eigenvalue weighted by Crippen LogP contribution is 2.20. The molecule has 0 spiro atoms. The van der Waals surface area contributed by atoms with Gasteiger partial charge in [-0.3, -0.25) is 4.90 Å². The summed E-state index contributed by atoms with van der Waals surface area (Å²) in [6.07, 6.45) is 4.13. The van der Waals surface area contributed by atoms with E-state index < -0.39 is 15.8 Å². The second-order valence-corrected chi connectivity index (χ2v) is 7.01. The molecule has 2 heterocycles. The average Bonchev–Trinajstić information content (AvgIpc) is 2.42. The molecule has 1 saturated heterocycles. The lowest BCUT2D eigenvalue weighted by atomic mass is 10.1. The van der Waals surface area contributed by atoms with Gasteiger partial charge in [-0.2, -0.15) is 0 Å². The van der Waals surface area contributed by atoms with E-state index in [9.17, 15) is 12.8 Å². The Balaban J connectivity index is 1.92. The highest BCUT2D eigenvalue weighted by atomic mass is 32.2. The summed E-state index contributed by atoms with van der Waals surface area (Å²) < 4.78 is 43.9. The van der Waals surface area contributed by atoms with Gasteiger partial charge in [-0.15, -0.1) is 0 Å². The third-order valence-corrected chi connectivity index (χ3v) is 4.25. The second kappa shape index (κ2) is 6.67. The quantitative estimate of drug-likeness (QED) is 0.867. The highest BCUT2D eigenvalue weighted by Gasteiger charge is 2.22. The summed E-state index contributed by atoms with van der Waals surface area (Å²) in [6.45, 7) is 1.91. The monoisotopic (exact) mass is 317 g/mol. The Morgan fingerprint density at radius 2 is 2.14 bits per heavy atom. The number of methoxy groups -OCH3 is 1. The molecule has 1 N–H and O–H groups in total. The predicted octanol–water partition coefficient (Wildman–Crippen LogP) is 0.743. The lowest BCUT2D eigenvalue weighted by Crippen LogP contribution is -2.44. The van der Waals surface area contributed by atoms with E-state index in [2.05, 4.69) is 14.6 Å². The number of halogens is 1. The number of rotatable bonds is 5. The molecule has 1 aliphatic rings. The molecule has 8 heteroatoms. The van der Waals surface area contributed by atoms with Gasteiger partial charge in [0.05, 0.1) is 13.4 Å². The van der Waals surface area contributed by atoms with Crippen LogP contribution in [0.5, 0.6) is 5.88 Å². The summed E-state index contributed by atoms with van der Waals surface area (Å²) in [7, 11) is -1.78. The molecule has 0 unspecified atom stereocenters. The van der Waals surface area contributed by atoms with Crippen molar-refractivity contribution >= 4 is 10.0 Å². The van der Waals surface area contributed by atoms with Crippen LogP contribution in [0.3, 0.4) is 0 Å². The standard InChI is InChI=1S/C13H20FN3O3S/c1-20-13-12(14)10(3-6-15-13)9-17-7-4-11(5-8-17)16-21(2,18)19/h3,6,11,16H,4-5,7-9H2,1-2H3. The summed E-state index contributed by atoms with van der Waals surface area (Å²) in [4.78, 5) is 5.91. The van der Waals surface area contributed by atoms with Crippen molar-refractivity contribution in [3.8, 4) is 5.88 Å². The molecular weight excluding hydrogens is 297 g/mol. The number of hydrogen-bond acceptors (Lipinski definition) is 5. The van der Waals surface area contributed by atoms with Gasteiger partial charge in [-0.1, -0.05) is 0 Å². The third kappa shape index (κ3) is 4.62. The van der Waals surface area contributed by atoms with Crippen LogP contribution in [0.1, 0.15) is 18.4 Å². The van der Waals surface area contributed by atoms with Gasteiger partial charge >= 0.3 is 0 Å². The van der Waals surface area contributed by atoms with Gasteiger partial charge < -0.3 is 4.74 Å². The number of ether oxygens (including phenoxy) is 1. The third-order valence-electron chi connectivity index (χ3n) is 3.49. The minimum Gasteiger partial charge on any atom is -0.479 e. The molecule has 6 nitrogen and oxygen atoms in total. The number of piperidine rings is 1. The number of sulfonamides is 1. The van der Waals surface area contributed by atoms with Crippen LogP contribution in [0.15, 0.2) is 12.3 Å². The fourth-order valence-corrected chi connectivity index (χ4v) is 3.32. The Bertz CT molecular complexity index is 586. The van der Waals surface area contributed by atoms with Crippen LogP contribution < -0.4 is 9.46 Å². The van der Waals surface area contributed by atoms with Crippen molar-refractivity contribution < 1.29 is 17.5 Å². The van der Waals surface area contributed by atoms with Gasteiger partial charge in [0.1, 0.15) is 0 Å². The maximum absolute atomic E-state index is 14.0. The first-order valence-corrected chi connectivity index (χ1v) is 8.65. The summed E-state index contributed by atoms with van der Waals surface area (Å²) >= 11 is 0. The number of nitrogens with one attached hydrogen (secondary N) is 1. The molecule has 0 radical (unpaired) electrons. The number of aromatic nitrogens is 1. The van der Waals surface area contributed by atoms with Gasteiger partial charge in [0.25, 0.3) is 0 Å². The van der Waals surface area contributed by atoms with Crippen LogP contribution in [-0.4, -0.2) is 50.8 Å². The fourth-order valence-electron chi connectivity index (χ4n) is 2.48.